The molecular formula is C12H21O5Si. The van der Waals surface area contributed by atoms with Crippen LogP contribution in [-0.4, -0.2) is 41.8 Å². The molecule has 0 aliphatic carbocycles. The van der Waals surface area contributed by atoms with E-state index in [1.807, 2.05) is 6.92 Å². The SMILES string of the molecule is CCOC(OCC)=C(OCC)C(=O)OC([Si])CC. The Morgan fingerprint density at radius 1 is 1.00 bits per heavy atom. The number of esters is 1. The van der Waals surface area contributed by atoms with E-state index < -0.39 is 5.97 Å². The van der Waals surface area contributed by atoms with E-state index in [-0.39, 0.29) is 17.4 Å². The Morgan fingerprint density at radius 2 is 1.50 bits per heavy atom. The fourth-order valence-electron chi connectivity index (χ4n) is 1.05. The Bertz CT molecular complexity index is 270. The van der Waals surface area contributed by atoms with Crippen LogP contribution in [0.2, 0.25) is 0 Å². The van der Waals surface area contributed by atoms with E-state index in [9.17, 15) is 4.79 Å². The molecule has 0 aromatic heterocycles. The second kappa shape index (κ2) is 9.82. The zero-order chi connectivity index (χ0) is 14.0. The van der Waals surface area contributed by atoms with Crippen LogP contribution in [0, 0.1) is 0 Å². The summed E-state index contributed by atoms with van der Waals surface area (Å²) in [4.78, 5) is 11.9. The average Bonchev–Trinajstić information content (AvgIpc) is 2.35. The van der Waals surface area contributed by atoms with Crippen LogP contribution in [-0.2, 0) is 23.7 Å². The fourth-order valence-corrected chi connectivity index (χ4v) is 1.15. The molecule has 0 aliphatic heterocycles. The molecule has 103 valence electrons. The highest BCUT2D eigenvalue weighted by Gasteiger charge is 2.23. The van der Waals surface area contributed by atoms with Crippen molar-refractivity contribution < 1.29 is 23.7 Å². The molecule has 0 fully saturated rings. The Morgan fingerprint density at radius 3 is 1.89 bits per heavy atom. The smallest absolute Gasteiger partial charge is 0.381 e. The van der Waals surface area contributed by atoms with Gasteiger partial charge in [0, 0.05) is 0 Å². The van der Waals surface area contributed by atoms with Crippen LogP contribution in [0.15, 0.2) is 11.7 Å². The van der Waals surface area contributed by atoms with Crippen molar-refractivity contribution in [3.05, 3.63) is 11.7 Å². The largest absolute Gasteiger partial charge is 0.482 e. The summed E-state index contributed by atoms with van der Waals surface area (Å²) in [6.07, 6.45) is 0.653. The van der Waals surface area contributed by atoms with Crippen molar-refractivity contribution in [2.75, 3.05) is 19.8 Å². The van der Waals surface area contributed by atoms with Crippen LogP contribution in [0.1, 0.15) is 34.1 Å². The Balaban J connectivity index is 4.96. The van der Waals surface area contributed by atoms with Gasteiger partial charge in [0.15, 0.2) is 0 Å². The van der Waals surface area contributed by atoms with Gasteiger partial charge in [-0.3, -0.25) is 0 Å². The molecule has 6 heteroatoms. The number of ether oxygens (including phenoxy) is 4. The van der Waals surface area contributed by atoms with Gasteiger partial charge < -0.3 is 18.9 Å². The van der Waals surface area contributed by atoms with Crippen molar-refractivity contribution in [2.24, 2.45) is 0 Å². The first-order chi connectivity index (χ1) is 8.60. The van der Waals surface area contributed by atoms with Crippen molar-refractivity contribution >= 4 is 16.2 Å². The first-order valence-electron chi connectivity index (χ1n) is 6.15. The number of hydrogen-bond acceptors (Lipinski definition) is 5. The highest BCUT2D eigenvalue weighted by atomic mass is 28.1. The van der Waals surface area contributed by atoms with E-state index in [2.05, 4.69) is 10.2 Å². The van der Waals surface area contributed by atoms with Crippen LogP contribution in [0.5, 0.6) is 0 Å². The van der Waals surface area contributed by atoms with Crippen molar-refractivity contribution in [3.8, 4) is 0 Å². The topological polar surface area (TPSA) is 54.0 Å². The summed E-state index contributed by atoms with van der Waals surface area (Å²) < 4.78 is 20.9. The van der Waals surface area contributed by atoms with Crippen LogP contribution < -0.4 is 0 Å². The molecule has 0 amide bonds. The van der Waals surface area contributed by atoms with E-state index in [0.717, 1.165) is 0 Å². The van der Waals surface area contributed by atoms with Crippen LogP contribution >= 0.6 is 0 Å². The van der Waals surface area contributed by atoms with Crippen LogP contribution in [0.3, 0.4) is 0 Å². The van der Waals surface area contributed by atoms with Gasteiger partial charge in [-0.05, 0) is 27.2 Å². The Kier molecular flexibility index (Phi) is 9.18. The molecular weight excluding hydrogens is 252 g/mol. The lowest BCUT2D eigenvalue weighted by Gasteiger charge is -2.16. The van der Waals surface area contributed by atoms with Gasteiger partial charge in [0.2, 0.25) is 0 Å². The van der Waals surface area contributed by atoms with E-state index >= 15 is 0 Å². The third-order valence-electron chi connectivity index (χ3n) is 1.83. The quantitative estimate of drug-likeness (QED) is 0.277. The van der Waals surface area contributed by atoms with E-state index in [0.29, 0.717) is 26.2 Å². The standard InChI is InChI=1S/C12H21O5Si/c1-5-9(18)17-11(13)10(14-6-2)12(15-7-3)16-8-4/h9H,5-8H2,1-4H3. The number of rotatable bonds is 9. The molecule has 0 saturated carbocycles. The zero-order valence-electron chi connectivity index (χ0n) is 11.4. The van der Waals surface area contributed by atoms with Crippen LogP contribution in [0.25, 0.3) is 0 Å². The zero-order valence-corrected chi connectivity index (χ0v) is 12.4. The lowest BCUT2D eigenvalue weighted by atomic mass is 10.5. The number of carbonyl (C=O) groups is 1. The van der Waals surface area contributed by atoms with Crippen LogP contribution in [0.4, 0.5) is 0 Å². The molecule has 0 spiro atoms. The van der Waals surface area contributed by atoms with Gasteiger partial charge in [0.25, 0.3) is 5.76 Å². The molecule has 0 aromatic rings. The minimum absolute atomic E-state index is 0.0297. The third-order valence-corrected chi connectivity index (χ3v) is 2.36. The molecule has 1 unspecified atom stereocenters. The van der Waals surface area contributed by atoms with E-state index in [1.165, 1.54) is 0 Å². The van der Waals surface area contributed by atoms with Gasteiger partial charge in [0.1, 0.15) is 0 Å². The van der Waals surface area contributed by atoms with Gasteiger partial charge in [-0.2, -0.15) is 0 Å². The molecule has 3 radical (unpaired) electrons. The maximum absolute atomic E-state index is 11.9. The maximum Gasteiger partial charge on any atom is 0.381 e. The molecule has 0 saturated heterocycles. The molecule has 0 rings (SSSR count). The maximum atomic E-state index is 11.9. The van der Waals surface area contributed by atoms with Crippen molar-refractivity contribution in [1.82, 2.24) is 0 Å². The predicted octanol–water partition coefficient (Wildman–Crippen LogP) is 1.71. The Hall–Kier alpha value is -1.17. The third kappa shape index (κ3) is 5.95. The lowest BCUT2D eigenvalue weighted by Crippen LogP contribution is -2.22. The molecule has 0 aromatic carbocycles. The summed E-state index contributed by atoms with van der Waals surface area (Å²) >= 11 is 0. The van der Waals surface area contributed by atoms with Gasteiger partial charge in [0.05, 0.1) is 35.8 Å². The highest BCUT2D eigenvalue weighted by Crippen LogP contribution is 2.13. The van der Waals surface area contributed by atoms with Gasteiger partial charge in [-0.25, -0.2) is 4.79 Å². The van der Waals surface area contributed by atoms with Gasteiger partial charge >= 0.3 is 11.9 Å². The second-order valence-corrected chi connectivity index (χ2v) is 3.86. The molecule has 0 N–H and O–H groups in total. The molecule has 18 heavy (non-hydrogen) atoms. The second-order valence-electron chi connectivity index (χ2n) is 3.22. The summed E-state index contributed by atoms with van der Waals surface area (Å²) in [7, 11) is 3.27. The first kappa shape index (κ1) is 16.8. The molecule has 0 aliphatic rings. The van der Waals surface area contributed by atoms with E-state index in [4.69, 9.17) is 18.9 Å². The Labute approximate surface area is 112 Å². The minimum atomic E-state index is -0.601. The predicted molar refractivity (Wildman–Crippen MR) is 67.8 cm³/mol. The van der Waals surface area contributed by atoms with Crippen molar-refractivity contribution in [3.63, 3.8) is 0 Å². The minimum Gasteiger partial charge on any atom is -0.482 e. The fraction of sp³-hybridized carbons (Fsp3) is 0.750. The molecule has 1 atom stereocenters. The van der Waals surface area contributed by atoms with Gasteiger partial charge in [-0.1, -0.05) is 6.92 Å². The summed E-state index contributed by atoms with van der Waals surface area (Å²) in [5.41, 5.74) is -0.363. The monoisotopic (exact) mass is 273 g/mol. The number of carbonyl (C=O) groups excluding carboxylic acids is 1. The summed E-state index contributed by atoms with van der Waals surface area (Å²) in [5, 5.41) is 0. The summed E-state index contributed by atoms with van der Waals surface area (Å²) in [6.45, 7) is 8.34. The van der Waals surface area contributed by atoms with Crippen molar-refractivity contribution in [2.45, 2.75) is 39.8 Å². The van der Waals surface area contributed by atoms with Gasteiger partial charge in [-0.15, -0.1) is 0 Å². The summed E-state index contributed by atoms with van der Waals surface area (Å²) in [5.74, 6) is -0.560. The van der Waals surface area contributed by atoms with E-state index in [1.54, 1.807) is 20.8 Å². The van der Waals surface area contributed by atoms with Crippen molar-refractivity contribution in [1.29, 1.82) is 0 Å². The molecule has 0 heterocycles. The summed E-state index contributed by atoms with van der Waals surface area (Å²) in [6, 6.07) is 0. The highest BCUT2D eigenvalue weighted by molar-refractivity contribution is 6.12. The molecule has 5 nitrogen and oxygen atoms in total. The lowest BCUT2D eigenvalue weighted by molar-refractivity contribution is -0.146. The molecule has 0 bridgehead atoms. The normalized spacial score (nSPS) is 11.4. The number of hydrogen-bond donors (Lipinski definition) is 0. The first-order valence-corrected chi connectivity index (χ1v) is 6.73. The average molecular weight is 273 g/mol.